The van der Waals surface area contributed by atoms with Crippen molar-refractivity contribution in [3.8, 4) is 0 Å². The van der Waals surface area contributed by atoms with Gasteiger partial charge in [0.25, 0.3) is 0 Å². The zero-order chi connectivity index (χ0) is 15.2. The minimum absolute atomic E-state index is 0.263. The van der Waals surface area contributed by atoms with Crippen molar-refractivity contribution in [1.29, 1.82) is 0 Å². The van der Waals surface area contributed by atoms with Crippen LogP contribution in [0, 0.1) is 0 Å². The molecule has 0 N–H and O–H groups in total. The lowest BCUT2D eigenvalue weighted by Crippen LogP contribution is -2.46. The highest BCUT2D eigenvalue weighted by atomic mass is 16.5. The number of aryl methyl sites for hydroxylation is 1. The molecular weight excluding hydrogens is 278 g/mol. The highest BCUT2D eigenvalue weighted by Gasteiger charge is 2.28. The lowest BCUT2D eigenvalue weighted by Gasteiger charge is -2.30. The van der Waals surface area contributed by atoms with Gasteiger partial charge in [-0.25, -0.2) is 0 Å². The van der Waals surface area contributed by atoms with Gasteiger partial charge >= 0.3 is 0 Å². The number of hydrogen-bond acceptors (Lipinski definition) is 4. The molecule has 0 aliphatic carbocycles. The first-order valence-corrected chi connectivity index (χ1v) is 8.31. The molecule has 1 amide bonds. The largest absolute Gasteiger partial charge is 0.378 e. The lowest BCUT2D eigenvalue weighted by atomic mass is 10.0. The summed E-state index contributed by atoms with van der Waals surface area (Å²) in [5.41, 5.74) is 1.33. The van der Waals surface area contributed by atoms with Gasteiger partial charge in [0, 0.05) is 31.5 Å². The SMILES string of the molecule is O=C(CN1CCC[C@H]1CCc1ccncc1)N1CCOCC1. The molecule has 5 nitrogen and oxygen atoms in total. The standard InChI is InChI=1S/C17H25N3O2/c21-17(19-10-12-22-13-11-19)14-20-9-1-2-16(20)4-3-15-5-7-18-8-6-15/h5-8,16H,1-4,9-14H2/t16-/m0/s1. The van der Waals surface area contributed by atoms with Crippen LogP contribution in [0.3, 0.4) is 0 Å². The highest BCUT2D eigenvalue weighted by Crippen LogP contribution is 2.21. The zero-order valence-electron chi connectivity index (χ0n) is 13.1. The topological polar surface area (TPSA) is 45.7 Å². The molecule has 2 saturated heterocycles. The number of morpholine rings is 1. The summed E-state index contributed by atoms with van der Waals surface area (Å²) in [6.45, 7) is 4.47. The Bertz CT molecular complexity index is 474. The molecule has 1 atom stereocenters. The van der Waals surface area contributed by atoms with E-state index < -0.39 is 0 Å². The summed E-state index contributed by atoms with van der Waals surface area (Å²) in [5, 5.41) is 0. The second kappa shape index (κ2) is 7.70. The first-order chi connectivity index (χ1) is 10.8. The summed E-state index contributed by atoms with van der Waals surface area (Å²) < 4.78 is 5.32. The number of aromatic nitrogens is 1. The van der Waals surface area contributed by atoms with Crippen LogP contribution in [0.25, 0.3) is 0 Å². The molecule has 0 spiro atoms. The van der Waals surface area contributed by atoms with E-state index in [0.29, 0.717) is 25.8 Å². The number of rotatable bonds is 5. The Balaban J connectivity index is 1.48. The van der Waals surface area contributed by atoms with Gasteiger partial charge in [-0.05, 0) is 49.9 Å². The Morgan fingerprint density at radius 3 is 2.77 bits per heavy atom. The lowest BCUT2D eigenvalue weighted by molar-refractivity contribution is -0.136. The third-order valence-electron chi connectivity index (χ3n) is 4.72. The maximum Gasteiger partial charge on any atom is 0.236 e. The second-order valence-electron chi connectivity index (χ2n) is 6.15. The smallest absolute Gasteiger partial charge is 0.236 e. The predicted octanol–water partition coefficient (Wildman–Crippen LogP) is 1.34. The molecule has 3 rings (SSSR count). The molecule has 1 aromatic heterocycles. The molecule has 22 heavy (non-hydrogen) atoms. The van der Waals surface area contributed by atoms with Crippen LogP contribution < -0.4 is 0 Å². The Morgan fingerprint density at radius 1 is 1.23 bits per heavy atom. The van der Waals surface area contributed by atoms with Crippen LogP contribution in [0.15, 0.2) is 24.5 Å². The van der Waals surface area contributed by atoms with Crippen molar-refractivity contribution in [2.45, 2.75) is 31.7 Å². The fourth-order valence-corrected chi connectivity index (χ4v) is 3.40. The third-order valence-corrected chi connectivity index (χ3v) is 4.72. The second-order valence-corrected chi connectivity index (χ2v) is 6.15. The Morgan fingerprint density at radius 2 is 2.00 bits per heavy atom. The molecule has 0 saturated carbocycles. The maximum absolute atomic E-state index is 12.4. The number of ether oxygens (including phenoxy) is 1. The number of likely N-dealkylation sites (tertiary alicyclic amines) is 1. The van der Waals surface area contributed by atoms with Crippen molar-refractivity contribution in [2.24, 2.45) is 0 Å². The van der Waals surface area contributed by atoms with E-state index in [1.54, 1.807) is 0 Å². The fraction of sp³-hybridized carbons (Fsp3) is 0.647. The quantitative estimate of drug-likeness (QED) is 0.823. The average Bonchev–Trinajstić information content (AvgIpc) is 3.02. The monoisotopic (exact) mass is 303 g/mol. The summed E-state index contributed by atoms with van der Waals surface area (Å²) in [6, 6.07) is 4.70. The number of carbonyl (C=O) groups excluding carboxylic acids is 1. The summed E-state index contributed by atoms with van der Waals surface area (Å²) >= 11 is 0. The molecule has 0 aromatic carbocycles. The number of carbonyl (C=O) groups is 1. The van der Waals surface area contributed by atoms with Gasteiger partial charge in [0.15, 0.2) is 0 Å². The normalized spacial score (nSPS) is 22.9. The van der Waals surface area contributed by atoms with Crippen molar-refractivity contribution in [3.63, 3.8) is 0 Å². The van der Waals surface area contributed by atoms with E-state index in [1.807, 2.05) is 17.3 Å². The van der Waals surface area contributed by atoms with E-state index in [4.69, 9.17) is 4.74 Å². The molecule has 120 valence electrons. The zero-order valence-corrected chi connectivity index (χ0v) is 13.1. The van der Waals surface area contributed by atoms with Gasteiger partial charge < -0.3 is 9.64 Å². The molecule has 2 fully saturated rings. The molecule has 0 radical (unpaired) electrons. The van der Waals surface area contributed by atoms with Crippen LogP contribution in [0.4, 0.5) is 0 Å². The molecule has 5 heteroatoms. The first-order valence-electron chi connectivity index (χ1n) is 8.31. The maximum atomic E-state index is 12.4. The predicted molar refractivity (Wildman–Crippen MR) is 84.6 cm³/mol. The van der Waals surface area contributed by atoms with Crippen LogP contribution in [0.1, 0.15) is 24.8 Å². The van der Waals surface area contributed by atoms with E-state index >= 15 is 0 Å². The van der Waals surface area contributed by atoms with Crippen LogP contribution >= 0.6 is 0 Å². The summed E-state index contributed by atoms with van der Waals surface area (Å²) in [5.74, 6) is 0.263. The fourth-order valence-electron chi connectivity index (χ4n) is 3.40. The van der Waals surface area contributed by atoms with E-state index in [-0.39, 0.29) is 5.91 Å². The van der Waals surface area contributed by atoms with Crippen molar-refractivity contribution in [3.05, 3.63) is 30.1 Å². The molecule has 3 heterocycles. The van der Waals surface area contributed by atoms with Crippen LogP contribution in [-0.4, -0.2) is 66.1 Å². The van der Waals surface area contributed by atoms with E-state index in [2.05, 4.69) is 22.0 Å². The first kappa shape index (κ1) is 15.4. The van der Waals surface area contributed by atoms with Gasteiger partial charge in [0.2, 0.25) is 5.91 Å². The van der Waals surface area contributed by atoms with Gasteiger partial charge in [-0.2, -0.15) is 0 Å². The van der Waals surface area contributed by atoms with Crippen molar-refractivity contribution in [2.75, 3.05) is 39.4 Å². The van der Waals surface area contributed by atoms with E-state index in [1.165, 1.54) is 18.4 Å². The Hall–Kier alpha value is -1.46. The molecule has 0 bridgehead atoms. The summed E-state index contributed by atoms with van der Waals surface area (Å²) in [4.78, 5) is 20.8. The van der Waals surface area contributed by atoms with Gasteiger partial charge in [-0.3, -0.25) is 14.7 Å². The summed E-state index contributed by atoms with van der Waals surface area (Å²) in [7, 11) is 0. The van der Waals surface area contributed by atoms with Crippen molar-refractivity contribution >= 4 is 5.91 Å². The average molecular weight is 303 g/mol. The van der Waals surface area contributed by atoms with Gasteiger partial charge in [0.05, 0.1) is 19.8 Å². The Labute approximate surface area is 132 Å². The third kappa shape index (κ3) is 4.05. The van der Waals surface area contributed by atoms with Gasteiger partial charge in [0.1, 0.15) is 0 Å². The van der Waals surface area contributed by atoms with Gasteiger partial charge in [-0.15, -0.1) is 0 Å². The van der Waals surface area contributed by atoms with Crippen LogP contribution in [0.5, 0.6) is 0 Å². The minimum Gasteiger partial charge on any atom is -0.378 e. The van der Waals surface area contributed by atoms with Crippen molar-refractivity contribution < 1.29 is 9.53 Å². The highest BCUT2D eigenvalue weighted by molar-refractivity contribution is 5.78. The van der Waals surface area contributed by atoms with E-state index in [9.17, 15) is 4.79 Å². The number of hydrogen-bond donors (Lipinski definition) is 0. The van der Waals surface area contributed by atoms with Crippen LogP contribution in [0.2, 0.25) is 0 Å². The van der Waals surface area contributed by atoms with E-state index in [0.717, 1.165) is 32.5 Å². The molecule has 2 aliphatic heterocycles. The summed E-state index contributed by atoms with van der Waals surface area (Å²) in [6.07, 6.45) is 8.31. The number of amides is 1. The van der Waals surface area contributed by atoms with Gasteiger partial charge in [-0.1, -0.05) is 0 Å². The molecule has 0 unspecified atom stereocenters. The Kier molecular flexibility index (Phi) is 5.40. The molecule has 1 aromatic rings. The minimum atomic E-state index is 0.263. The number of nitrogens with zero attached hydrogens (tertiary/aromatic N) is 3. The van der Waals surface area contributed by atoms with Crippen LogP contribution in [-0.2, 0) is 16.0 Å². The molecule has 2 aliphatic rings. The van der Waals surface area contributed by atoms with Crippen molar-refractivity contribution in [1.82, 2.24) is 14.8 Å². The molecular formula is C17H25N3O2. The number of pyridine rings is 1.